The maximum absolute atomic E-state index is 12.8. The summed E-state index contributed by atoms with van der Waals surface area (Å²) in [4.78, 5) is 29.0. The highest BCUT2D eigenvalue weighted by Gasteiger charge is 2.13. The van der Waals surface area contributed by atoms with Crippen LogP contribution in [0.25, 0.3) is 22.1 Å². The second-order valence-electron chi connectivity index (χ2n) is 5.54. The zero-order valence-electron chi connectivity index (χ0n) is 13.3. The summed E-state index contributed by atoms with van der Waals surface area (Å²) in [5.41, 5.74) is 2.01. The lowest BCUT2D eigenvalue weighted by atomic mass is 10.2. The molecule has 0 bridgehead atoms. The Morgan fingerprint density at radius 3 is 2.62 bits per heavy atom. The molecule has 0 aliphatic heterocycles. The van der Waals surface area contributed by atoms with Crippen molar-refractivity contribution in [2.75, 3.05) is 0 Å². The fourth-order valence-electron chi connectivity index (χ4n) is 2.67. The zero-order chi connectivity index (χ0) is 18.4. The molecule has 5 nitrogen and oxygen atoms in total. The predicted molar refractivity (Wildman–Crippen MR) is 103 cm³/mol. The summed E-state index contributed by atoms with van der Waals surface area (Å²) in [7, 11) is 0. The third kappa shape index (κ3) is 2.86. The molecule has 4 rings (SSSR count). The molecule has 2 heterocycles. The van der Waals surface area contributed by atoms with Crippen LogP contribution in [0.15, 0.2) is 41.2 Å². The van der Waals surface area contributed by atoms with Gasteiger partial charge in [0.2, 0.25) is 0 Å². The van der Waals surface area contributed by atoms with E-state index in [1.54, 1.807) is 22.6 Å². The molecule has 0 aliphatic rings. The number of aromatic nitrogens is 2. The molecule has 0 fully saturated rings. The number of thiazole rings is 1. The lowest BCUT2D eigenvalue weighted by Crippen LogP contribution is -2.22. The molecule has 0 saturated carbocycles. The maximum atomic E-state index is 12.8. The van der Waals surface area contributed by atoms with E-state index in [0.717, 1.165) is 11.0 Å². The SMILES string of the molecule is CC(=O)Oc1c(Cl)cc(/C=c2\sc3nc4ccccc4n3c2=O)cc1Cl. The van der Waals surface area contributed by atoms with Gasteiger partial charge in [-0.15, -0.1) is 0 Å². The number of esters is 1. The molecule has 0 unspecified atom stereocenters. The minimum Gasteiger partial charge on any atom is -0.424 e. The van der Waals surface area contributed by atoms with Gasteiger partial charge in [-0.3, -0.25) is 9.59 Å². The summed E-state index contributed by atoms with van der Waals surface area (Å²) in [6.07, 6.45) is 1.69. The van der Waals surface area contributed by atoms with Crippen LogP contribution in [0.5, 0.6) is 5.75 Å². The van der Waals surface area contributed by atoms with Crippen molar-refractivity contribution in [2.45, 2.75) is 6.92 Å². The summed E-state index contributed by atoms with van der Waals surface area (Å²) in [5, 5.41) is 0.386. The van der Waals surface area contributed by atoms with E-state index in [-0.39, 0.29) is 21.4 Å². The van der Waals surface area contributed by atoms with Crippen molar-refractivity contribution in [1.29, 1.82) is 0 Å². The number of rotatable bonds is 2. The van der Waals surface area contributed by atoms with Gasteiger partial charge >= 0.3 is 5.97 Å². The maximum Gasteiger partial charge on any atom is 0.308 e. The second kappa shape index (κ2) is 6.39. The van der Waals surface area contributed by atoms with E-state index in [1.165, 1.54) is 18.3 Å². The average Bonchev–Trinajstić information content (AvgIpc) is 3.08. The van der Waals surface area contributed by atoms with Gasteiger partial charge in [0.15, 0.2) is 10.7 Å². The van der Waals surface area contributed by atoms with Crippen LogP contribution < -0.4 is 14.8 Å². The van der Waals surface area contributed by atoms with E-state index >= 15 is 0 Å². The second-order valence-corrected chi connectivity index (χ2v) is 7.37. The average molecular weight is 405 g/mol. The predicted octanol–water partition coefficient (Wildman–Crippen LogP) is 3.69. The van der Waals surface area contributed by atoms with Crippen LogP contribution in [0, 0.1) is 0 Å². The first kappa shape index (κ1) is 17.0. The minimum absolute atomic E-state index is 0.104. The summed E-state index contributed by atoms with van der Waals surface area (Å²) < 4.78 is 7.09. The lowest BCUT2D eigenvalue weighted by molar-refractivity contribution is -0.131. The van der Waals surface area contributed by atoms with E-state index in [4.69, 9.17) is 27.9 Å². The van der Waals surface area contributed by atoms with Gasteiger partial charge in [-0.25, -0.2) is 9.38 Å². The molecule has 0 spiro atoms. The summed E-state index contributed by atoms with van der Waals surface area (Å²) in [6, 6.07) is 10.6. The van der Waals surface area contributed by atoms with Crippen LogP contribution in [0.2, 0.25) is 10.0 Å². The van der Waals surface area contributed by atoms with Gasteiger partial charge < -0.3 is 4.74 Å². The summed E-state index contributed by atoms with van der Waals surface area (Å²) in [5.74, 6) is -0.411. The van der Waals surface area contributed by atoms with E-state index in [0.29, 0.717) is 15.1 Å². The van der Waals surface area contributed by atoms with Crippen LogP contribution in [-0.4, -0.2) is 15.4 Å². The normalized spacial score (nSPS) is 12.2. The van der Waals surface area contributed by atoms with Gasteiger partial charge in [0.1, 0.15) is 0 Å². The Morgan fingerprint density at radius 2 is 1.92 bits per heavy atom. The van der Waals surface area contributed by atoms with Gasteiger partial charge in [-0.1, -0.05) is 46.7 Å². The first-order valence-corrected chi connectivity index (χ1v) is 9.10. The Balaban J connectivity index is 1.88. The number of para-hydroxylation sites is 2. The Labute approximate surface area is 161 Å². The van der Waals surface area contributed by atoms with Gasteiger partial charge in [0, 0.05) is 6.92 Å². The monoisotopic (exact) mass is 404 g/mol. The van der Waals surface area contributed by atoms with Crippen molar-refractivity contribution in [1.82, 2.24) is 9.38 Å². The topological polar surface area (TPSA) is 60.7 Å². The highest BCUT2D eigenvalue weighted by atomic mass is 35.5. The first-order valence-electron chi connectivity index (χ1n) is 7.53. The van der Waals surface area contributed by atoms with Crippen molar-refractivity contribution >= 4 is 62.6 Å². The van der Waals surface area contributed by atoms with Crippen molar-refractivity contribution < 1.29 is 9.53 Å². The molecule has 2 aromatic heterocycles. The Morgan fingerprint density at radius 1 is 1.23 bits per heavy atom. The number of nitrogens with zero attached hydrogens (tertiary/aromatic N) is 2. The molecule has 0 aliphatic carbocycles. The number of carbonyl (C=O) groups is 1. The molecule has 8 heteroatoms. The van der Waals surface area contributed by atoms with E-state index < -0.39 is 5.97 Å². The number of benzene rings is 2. The third-order valence-corrected chi connectivity index (χ3v) is 5.24. The smallest absolute Gasteiger partial charge is 0.308 e. The third-order valence-electron chi connectivity index (χ3n) is 3.71. The highest BCUT2D eigenvalue weighted by molar-refractivity contribution is 7.15. The van der Waals surface area contributed by atoms with E-state index in [9.17, 15) is 9.59 Å². The largest absolute Gasteiger partial charge is 0.424 e. The van der Waals surface area contributed by atoms with Crippen LogP contribution >= 0.6 is 34.5 Å². The van der Waals surface area contributed by atoms with Gasteiger partial charge in [-0.05, 0) is 35.9 Å². The van der Waals surface area contributed by atoms with Crippen molar-refractivity contribution in [3.8, 4) is 5.75 Å². The highest BCUT2D eigenvalue weighted by Crippen LogP contribution is 2.34. The fourth-order valence-corrected chi connectivity index (χ4v) is 4.24. The van der Waals surface area contributed by atoms with Crippen LogP contribution in [0.1, 0.15) is 12.5 Å². The van der Waals surface area contributed by atoms with E-state index in [1.807, 2.05) is 24.3 Å². The molecule has 26 heavy (non-hydrogen) atoms. The number of carbonyl (C=O) groups excluding carboxylic acids is 1. The number of halogens is 2. The first-order chi connectivity index (χ1) is 12.4. The molecule has 0 saturated heterocycles. The molecule has 0 amide bonds. The quantitative estimate of drug-likeness (QED) is 0.377. The van der Waals surface area contributed by atoms with E-state index in [2.05, 4.69) is 4.98 Å². The molecule has 4 aromatic rings. The lowest BCUT2D eigenvalue weighted by Gasteiger charge is -2.07. The number of hydrogen-bond donors (Lipinski definition) is 0. The molecule has 0 N–H and O–H groups in total. The molecule has 0 radical (unpaired) electrons. The molecular formula is C18H10Cl2N2O3S. The van der Waals surface area contributed by atoms with Crippen molar-refractivity contribution in [3.63, 3.8) is 0 Å². The molecular weight excluding hydrogens is 395 g/mol. The minimum atomic E-state index is -0.515. The fraction of sp³-hybridized carbons (Fsp3) is 0.0556. The Bertz CT molecular complexity index is 1270. The van der Waals surface area contributed by atoms with Gasteiger partial charge in [0.25, 0.3) is 5.56 Å². The van der Waals surface area contributed by atoms with Gasteiger partial charge in [0.05, 0.1) is 25.6 Å². The Hall–Kier alpha value is -2.41. The number of imidazole rings is 1. The number of ether oxygens (including phenoxy) is 1. The van der Waals surface area contributed by atoms with Crippen LogP contribution in [-0.2, 0) is 4.79 Å². The summed E-state index contributed by atoms with van der Waals surface area (Å²) >= 11 is 13.6. The van der Waals surface area contributed by atoms with Crippen LogP contribution in [0.3, 0.4) is 0 Å². The number of fused-ring (bicyclic) bond motifs is 3. The summed E-state index contributed by atoms with van der Waals surface area (Å²) in [6.45, 7) is 1.27. The standard InChI is InChI=1S/C18H10Cl2N2O3S/c1-9(23)25-16-11(19)6-10(7-12(16)20)8-15-17(24)22-14-5-3-2-4-13(14)21-18(22)26-15/h2-8H,1H3/b15-8-. The Kier molecular flexibility index (Phi) is 4.19. The van der Waals surface area contributed by atoms with Crippen molar-refractivity contribution in [2.24, 2.45) is 0 Å². The van der Waals surface area contributed by atoms with Gasteiger partial charge in [-0.2, -0.15) is 0 Å². The zero-order valence-corrected chi connectivity index (χ0v) is 15.7. The molecule has 130 valence electrons. The molecule has 0 atom stereocenters. The van der Waals surface area contributed by atoms with Crippen molar-refractivity contribution in [3.05, 3.63) is 66.9 Å². The van der Waals surface area contributed by atoms with Crippen LogP contribution in [0.4, 0.5) is 0 Å². The molecule has 2 aromatic carbocycles. The number of hydrogen-bond acceptors (Lipinski definition) is 5.